The standard InChI is InChI=1S/C13H21N3O3S/c1-5-9-7-14-10(20-9)8-15-12(19)16(6-2)13(3,4)11(17)18/h7H,5-6,8H2,1-4H3,(H,15,19)(H,17,18). The van der Waals surface area contributed by atoms with E-state index in [2.05, 4.69) is 10.3 Å². The van der Waals surface area contributed by atoms with Gasteiger partial charge in [0.2, 0.25) is 0 Å². The van der Waals surface area contributed by atoms with Gasteiger partial charge in [0.05, 0.1) is 6.54 Å². The van der Waals surface area contributed by atoms with Crippen LogP contribution in [0.4, 0.5) is 4.79 Å². The molecule has 0 spiro atoms. The van der Waals surface area contributed by atoms with Crippen molar-refractivity contribution in [3.63, 3.8) is 0 Å². The van der Waals surface area contributed by atoms with Crippen LogP contribution >= 0.6 is 11.3 Å². The second-order valence-electron chi connectivity index (χ2n) is 4.84. The number of thiazole rings is 1. The number of amides is 2. The maximum absolute atomic E-state index is 12.1. The van der Waals surface area contributed by atoms with Gasteiger partial charge < -0.3 is 15.3 Å². The number of aromatic nitrogens is 1. The van der Waals surface area contributed by atoms with Gasteiger partial charge in [0.1, 0.15) is 10.5 Å². The van der Waals surface area contributed by atoms with E-state index in [4.69, 9.17) is 0 Å². The molecular formula is C13H21N3O3S. The number of urea groups is 1. The first-order valence-corrected chi connectivity index (χ1v) is 7.37. The summed E-state index contributed by atoms with van der Waals surface area (Å²) >= 11 is 1.55. The molecule has 2 N–H and O–H groups in total. The van der Waals surface area contributed by atoms with Gasteiger partial charge in [0.15, 0.2) is 0 Å². The van der Waals surface area contributed by atoms with E-state index in [0.717, 1.165) is 16.3 Å². The molecule has 7 heteroatoms. The number of rotatable bonds is 6. The molecule has 0 aliphatic rings. The van der Waals surface area contributed by atoms with Crippen LogP contribution in [-0.4, -0.2) is 39.1 Å². The average Bonchev–Trinajstić information content (AvgIpc) is 2.84. The number of nitrogens with one attached hydrogen (secondary N) is 1. The number of carbonyl (C=O) groups is 2. The zero-order valence-corrected chi connectivity index (χ0v) is 13.1. The van der Waals surface area contributed by atoms with Gasteiger partial charge in [-0.1, -0.05) is 6.92 Å². The lowest BCUT2D eigenvalue weighted by Gasteiger charge is -2.34. The molecule has 0 bridgehead atoms. The topological polar surface area (TPSA) is 82.5 Å². The number of carboxylic acid groups (broad SMARTS) is 1. The highest BCUT2D eigenvalue weighted by Crippen LogP contribution is 2.16. The maximum atomic E-state index is 12.1. The molecule has 1 aromatic rings. The Morgan fingerprint density at radius 3 is 2.55 bits per heavy atom. The fourth-order valence-corrected chi connectivity index (χ4v) is 2.55. The van der Waals surface area contributed by atoms with Gasteiger partial charge in [0, 0.05) is 17.6 Å². The predicted octanol–water partition coefficient (Wildman–Crippen LogP) is 2.10. The summed E-state index contributed by atoms with van der Waals surface area (Å²) < 4.78 is 0. The third-order valence-electron chi connectivity index (χ3n) is 3.10. The first-order valence-electron chi connectivity index (χ1n) is 6.55. The Hall–Kier alpha value is -1.63. The number of carboxylic acids is 1. The largest absolute Gasteiger partial charge is 0.480 e. The van der Waals surface area contributed by atoms with Crippen LogP contribution in [0.1, 0.15) is 37.6 Å². The van der Waals surface area contributed by atoms with E-state index in [9.17, 15) is 14.7 Å². The number of hydrogen-bond acceptors (Lipinski definition) is 4. The predicted molar refractivity (Wildman–Crippen MR) is 77.8 cm³/mol. The van der Waals surface area contributed by atoms with Gasteiger partial charge in [0.25, 0.3) is 0 Å². The minimum atomic E-state index is -1.24. The second kappa shape index (κ2) is 6.69. The van der Waals surface area contributed by atoms with Gasteiger partial charge in [-0.2, -0.15) is 0 Å². The molecule has 0 saturated heterocycles. The molecule has 0 saturated carbocycles. The van der Waals surface area contributed by atoms with E-state index < -0.39 is 17.5 Å². The molecule has 0 atom stereocenters. The quantitative estimate of drug-likeness (QED) is 0.842. The number of carbonyl (C=O) groups excluding carboxylic acids is 1. The Morgan fingerprint density at radius 2 is 2.10 bits per heavy atom. The monoisotopic (exact) mass is 299 g/mol. The van der Waals surface area contributed by atoms with E-state index in [1.54, 1.807) is 24.5 Å². The summed E-state index contributed by atoms with van der Waals surface area (Å²) in [5.74, 6) is -1.03. The zero-order chi connectivity index (χ0) is 15.3. The molecule has 0 aromatic carbocycles. The molecule has 0 aliphatic heterocycles. The van der Waals surface area contributed by atoms with Crippen molar-refractivity contribution < 1.29 is 14.7 Å². The van der Waals surface area contributed by atoms with Crippen molar-refractivity contribution in [1.29, 1.82) is 0 Å². The summed E-state index contributed by atoms with van der Waals surface area (Å²) in [5, 5.41) is 12.7. The van der Waals surface area contributed by atoms with Crippen LogP contribution in [0.25, 0.3) is 0 Å². The van der Waals surface area contributed by atoms with Gasteiger partial charge in [-0.05, 0) is 27.2 Å². The highest BCUT2D eigenvalue weighted by molar-refractivity contribution is 7.11. The summed E-state index contributed by atoms with van der Waals surface area (Å²) in [6.07, 6.45) is 2.71. The Kier molecular flexibility index (Phi) is 5.50. The first kappa shape index (κ1) is 16.4. The molecule has 1 heterocycles. The lowest BCUT2D eigenvalue weighted by Crippen LogP contribution is -2.55. The van der Waals surface area contributed by atoms with Crippen molar-refractivity contribution >= 4 is 23.3 Å². The smallest absolute Gasteiger partial charge is 0.329 e. The summed E-state index contributed by atoms with van der Waals surface area (Å²) in [7, 11) is 0. The minimum Gasteiger partial charge on any atom is -0.480 e. The third kappa shape index (κ3) is 3.69. The van der Waals surface area contributed by atoms with Gasteiger partial charge in [-0.15, -0.1) is 11.3 Å². The van der Waals surface area contributed by atoms with Crippen LogP contribution in [0.5, 0.6) is 0 Å². The Bertz CT molecular complexity index is 485. The number of nitrogens with zero attached hydrogens (tertiary/aromatic N) is 2. The van der Waals surface area contributed by atoms with Gasteiger partial charge in [-0.25, -0.2) is 14.6 Å². The average molecular weight is 299 g/mol. The lowest BCUT2D eigenvalue weighted by atomic mass is 10.0. The fourth-order valence-electron chi connectivity index (χ4n) is 1.75. The fraction of sp³-hybridized carbons (Fsp3) is 0.615. The summed E-state index contributed by atoms with van der Waals surface area (Å²) in [5.41, 5.74) is -1.24. The first-order chi connectivity index (χ1) is 9.32. The molecule has 112 valence electrons. The molecule has 0 radical (unpaired) electrons. The third-order valence-corrected chi connectivity index (χ3v) is 4.24. The van der Waals surface area contributed by atoms with Gasteiger partial charge >= 0.3 is 12.0 Å². The molecular weight excluding hydrogens is 278 g/mol. The van der Waals surface area contributed by atoms with E-state index in [1.165, 1.54) is 18.7 Å². The van der Waals surface area contributed by atoms with Crippen LogP contribution in [0, 0.1) is 0 Å². The van der Waals surface area contributed by atoms with Crippen LogP contribution in [0.3, 0.4) is 0 Å². The maximum Gasteiger partial charge on any atom is 0.329 e. The van der Waals surface area contributed by atoms with E-state index >= 15 is 0 Å². The van der Waals surface area contributed by atoms with Crippen molar-refractivity contribution in [3.05, 3.63) is 16.1 Å². The normalized spacial score (nSPS) is 11.2. The van der Waals surface area contributed by atoms with E-state index in [-0.39, 0.29) is 0 Å². The number of aryl methyl sites for hydroxylation is 1. The van der Waals surface area contributed by atoms with Crippen LogP contribution in [0.2, 0.25) is 0 Å². The van der Waals surface area contributed by atoms with Crippen molar-refractivity contribution in [2.45, 2.75) is 46.2 Å². The number of likely N-dealkylation sites (N-methyl/N-ethyl adjacent to an activating group) is 1. The zero-order valence-electron chi connectivity index (χ0n) is 12.3. The SMILES string of the molecule is CCc1cnc(CNC(=O)N(CC)C(C)(C)C(=O)O)s1. The molecule has 20 heavy (non-hydrogen) atoms. The number of aliphatic carboxylic acids is 1. The highest BCUT2D eigenvalue weighted by Gasteiger charge is 2.36. The van der Waals surface area contributed by atoms with Crippen LogP contribution in [-0.2, 0) is 17.8 Å². The van der Waals surface area contributed by atoms with Crippen molar-refractivity contribution in [2.24, 2.45) is 0 Å². The Labute approximate surface area is 122 Å². The molecule has 2 amide bonds. The van der Waals surface area contributed by atoms with E-state index in [0.29, 0.717) is 13.1 Å². The minimum absolute atomic E-state index is 0.315. The van der Waals surface area contributed by atoms with Gasteiger partial charge in [-0.3, -0.25) is 0 Å². The van der Waals surface area contributed by atoms with Crippen molar-refractivity contribution in [3.8, 4) is 0 Å². The van der Waals surface area contributed by atoms with Crippen LogP contribution < -0.4 is 5.32 Å². The van der Waals surface area contributed by atoms with E-state index in [1.807, 2.05) is 6.92 Å². The highest BCUT2D eigenvalue weighted by atomic mass is 32.1. The Balaban J connectivity index is 2.66. The van der Waals surface area contributed by atoms with Crippen molar-refractivity contribution in [1.82, 2.24) is 15.2 Å². The number of hydrogen-bond donors (Lipinski definition) is 2. The molecule has 6 nitrogen and oxygen atoms in total. The Morgan fingerprint density at radius 1 is 1.45 bits per heavy atom. The summed E-state index contributed by atoms with van der Waals surface area (Å²) in [6.45, 7) is 7.46. The molecule has 1 aromatic heterocycles. The lowest BCUT2D eigenvalue weighted by molar-refractivity contribution is -0.147. The molecule has 0 aliphatic carbocycles. The second-order valence-corrected chi connectivity index (χ2v) is 6.04. The summed E-state index contributed by atoms with van der Waals surface area (Å²) in [6, 6.07) is -0.395. The van der Waals surface area contributed by atoms with Crippen molar-refractivity contribution in [2.75, 3.05) is 6.54 Å². The molecule has 0 fully saturated rings. The molecule has 0 unspecified atom stereocenters. The molecule has 1 rings (SSSR count). The summed E-state index contributed by atoms with van der Waals surface area (Å²) in [4.78, 5) is 30.0. The van der Waals surface area contributed by atoms with Crippen LogP contribution in [0.15, 0.2) is 6.20 Å².